The predicted molar refractivity (Wildman–Crippen MR) is 69.8 cm³/mol. The lowest BCUT2D eigenvalue weighted by Gasteiger charge is -1.97. The molecule has 0 atom stereocenters. The van der Waals surface area contributed by atoms with Crippen molar-refractivity contribution in [1.29, 1.82) is 0 Å². The van der Waals surface area contributed by atoms with Crippen LogP contribution < -0.4 is 0 Å². The Morgan fingerprint density at radius 3 is 2.00 bits per heavy atom. The van der Waals surface area contributed by atoms with E-state index in [0.717, 1.165) is 12.8 Å². The molecule has 4 heteroatoms. The fraction of sp³-hybridized carbons (Fsp3) is 0.385. The minimum absolute atomic E-state index is 0.176. The molecule has 0 radical (unpaired) electrons. The van der Waals surface area contributed by atoms with Gasteiger partial charge in [0.1, 0.15) is 0 Å². The van der Waals surface area contributed by atoms with Crippen LogP contribution in [0.25, 0.3) is 0 Å². The van der Waals surface area contributed by atoms with Gasteiger partial charge in [-0.25, -0.2) is 9.59 Å². The van der Waals surface area contributed by atoms with Gasteiger partial charge in [0.2, 0.25) is 0 Å². The van der Waals surface area contributed by atoms with E-state index in [2.05, 4.69) is 31.1 Å². The molecule has 0 spiro atoms. The fourth-order valence-corrected chi connectivity index (χ4v) is 0.376. The van der Waals surface area contributed by atoms with E-state index in [1.807, 2.05) is 6.92 Å². The second kappa shape index (κ2) is 16.6. The summed E-state index contributed by atoms with van der Waals surface area (Å²) in [7, 11) is 0. The molecule has 0 unspecified atom stereocenters. The maximum Gasteiger partial charge on any atom is 0.330 e. The first-order chi connectivity index (χ1) is 7.95. The minimum Gasteiger partial charge on any atom is -0.478 e. The van der Waals surface area contributed by atoms with Gasteiger partial charge in [0.15, 0.2) is 0 Å². The standard InChI is InChI=1S/C7H12O2.C4H6O2.C2H4/c1-3-5-6-9-7(8)4-2;1-3(2)4(5)6;1-2/h4H,2-3,5-6H2,1H3;1H2,2H3,(H,5,6);1-2H2. The summed E-state index contributed by atoms with van der Waals surface area (Å²) in [5, 5.41) is 7.89. The second-order valence-electron chi connectivity index (χ2n) is 2.81. The maximum atomic E-state index is 10.3. The molecule has 0 rings (SSSR count). The number of hydrogen-bond donors (Lipinski definition) is 1. The van der Waals surface area contributed by atoms with Crippen molar-refractivity contribution < 1.29 is 19.4 Å². The van der Waals surface area contributed by atoms with Crippen molar-refractivity contribution in [2.75, 3.05) is 6.61 Å². The summed E-state index contributed by atoms with van der Waals surface area (Å²) < 4.78 is 4.67. The zero-order valence-corrected chi connectivity index (χ0v) is 10.7. The van der Waals surface area contributed by atoms with Gasteiger partial charge < -0.3 is 9.84 Å². The zero-order valence-electron chi connectivity index (χ0n) is 10.7. The fourth-order valence-electron chi connectivity index (χ4n) is 0.376. The lowest BCUT2D eigenvalue weighted by atomic mass is 10.4. The Kier molecular flexibility index (Phi) is 20.1. The van der Waals surface area contributed by atoms with Gasteiger partial charge in [-0.1, -0.05) is 26.5 Å². The topological polar surface area (TPSA) is 63.6 Å². The summed E-state index contributed by atoms with van der Waals surface area (Å²) >= 11 is 0. The van der Waals surface area contributed by atoms with Crippen LogP contribution in [0.1, 0.15) is 26.7 Å². The van der Waals surface area contributed by atoms with Crippen molar-refractivity contribution in [3.63, 3.8) is 0 Å². The summed E-state index contributed by atoms with van der Waals surface area (Å²) in [6.45, 7) is 16.4. The highest BCUT2D eigenvalue weighted by Crippen LogP contribution is 1.88. The van der Waals surface area contributed by atoms with Gasteiger partial charge in [-0.3, -0.25) is 0 Å². The van der Waals surface area contributed by atoms with Gasteiger partial charge in [-0.2, -0.15) is 0 Å². The molecule has 0 saturated carbocycles. The lowest BCUT2D eigenvalue weighted by Crippen LogP contribution is -2.00. The number of ether oxygens (including phenoxy) is 1. The Labute approximate surface area is 103 Å². The van der Waals surface area contributed by atoms with Gasteiger partial charge in [0, 0.05) is 11.6 Å². The van der Waals surface area contributed by atoms with E-state index in [1.165, 1.54) is 13.0 Å². The number of carboxylic acids is 1. The molecule has 0 bridgehead atoms. The molecule has 0 aliphatic carbocycles. The number of rotatable bonds is 5. The summed E-state index contributed by atoms with van der Waals surface area (Å²) in [4.78, 5) is 19.9. The third-order valence-corrected chi connectivity index (χ3v) is 1.27. The van der Waals surface area contributed by atoms with Crippen LogP contribution in [-0.2, 0) is 14.3 Å². The number of esters is 1. The average Bonchev–Trinajstić information content (AvgIpc) is 2.32. The zero-order chi connectivity index (χ0) is 14.3. The third-order valence-electron chi connectivity index (χ3n) is 1.27. The van der Waals surface area contributed by atoms with Crippen LogP contribution >= 0.6 is 0 Å². The molecule has 17 heavy (non-hydrogen) atoms. The number of carbonyl (C=O) groups is 2. The highest BCUT2D eigenvalue weighted by atomic mass is 16.5. The van der Waals surface area contributed by atoms with E-state index < -0.39 is 5.97 Å². The summed E-state index contributed by atoms with van der Waals surface area (Å²) in [6.07, 6.45) is 3.15. The van der Waals surface area contributed by atoms with Crippen molar-refractivity contribution in [2.45, 2.75) is 26.7 Å². The first-order valence-corrected chi connectivity index (χ1v) is 5.13. The van der Waals surface area contributed by atoms with Crippen molar-refractivity contribution in [1.82, 2.24) is 0 Å². The Balaban J connectivity index is -0.000000213. The van der Waals surface area contributed by atoms with Crippen molar-refractivity contribution in [3.8, 4) is 0 Å². The maximum absolute atomic E-state index is 10.3. The van der Waals surface area contributed by atoms with Crippen molar-refractivity contribution >= 4 is 11.9 Å². The van der Waals surface area contributed by atoms with E-state index >= 15 is 0 Å². The molecule has 0 aliphatic rings. The van der Waals surface area contributed by atoms with Crippen LogP contribution in [0, 0.1) is 0 Å². The molecule has 1 N–H and O–H groups in total. The largest absolute Gasteiger partial charge is 0.478 e. The Morgan fingerprint density at radius 1 is 1.35 bits per heavy atom. The van der Waals surface area contributed by atoms with Crippen LogP contribution in [0.15, 0.2) is 38.0 Å². The molecule has 0 aliphatic heterocycles. The van der Waals surface area contributed by atoms with Crippen LogP contribution in [0.5, 0.6) is 0 Å². The van der Waals surface area contributed by atoms with Gasteiger partial charge in [0.05, 0.1) is 6.61 Å². The van der Waals surface area contributed by atoms with Crippen molar-refractivity contribution in [3.05, 3.63) is 38.0 Å². The molecule has 0 aromatic rings. The van der Waals surface area contributed by atoms with E-state index in [9.17, 15) is 9.59 Å². The molecular formula is C13H22O4. The first-order valence-electron chi connectivity index (χ1n) is 5.13. The molecule has 0 fully saturated rings. The summed E-state index contributed by atoms with van der Waals surface area (Å²) in [5.41, 5.74) is 0.176. The van der Waals surface area contributed by atoms with Crippen LogP contribution in [0.4, 0.5) is 0 Å². The summed E-state index contributed by atoms with van der Waals surface area (Å²) in [6, 6.07) is 0. The lowest BCUT2D eigenvalue weighted by molar-refractivity contribution is -0.138. The molecule has 0 heterocycles. The van der Waals surface area contributed by atoms with E-state index in [-0.39, 0.29) is 11.5 Å². The van der Waals surface area contributed by atoms with Crippen molar-refractivity contribution in [2.24, 2.45) is 0 Å². The van der Waals surface area contributed by atoms with E-state index in [1.54, 1.807) is 0 Å². The Morgan fingerprint density at radius 2 is 1.76 bits per heavy atom. The average molecular weight is 242 g/mol. The predicted octanol–water partition coefficient (Wildman–Crippen LogP) is 2.97. The van der Waals surface area contributed by atoms with Gasteiger partial charge in [0.25, 0.3) is 0 Å². The molecule has 0 amide bonds. The van der Waals surface area contributed by atoms with Gasteiger partial charge >= 0.3 is 11.9 Å². The Bertz CT molecular complexity index is 232. The van der Waals surface area contributed by atoms with E-state index in [0.29, 0.717) is 6.61 Å². The molecule has 0 aromatic carbocycles. The highest BCUT2D eigenvalue weighted by molar-refractivity contribution is 5.84. The normalized spacial score (nSPS) is 7.41. The smallest absolute Gasteiger partial charge is 0.330 e. The molecule has 0 saturated heterocycles. The SMILES string of the molecule is C=C.C=C(C)C(=O)O.C=CC(=O)OCCCC. The molecular weight excluding hydrogens is 220 g/mol. The number of hydrogen-bond acceptors (Lipinski definition) is 3. The quantitative estimate of drug-likeness (QED) is 0.348. The number of unbranched alkanes of at least 4 members (excludes halogenated alkanes) is 1. The van der Waals surface area contributed by atoms with Gasteiger partial charge in [-0.15, -0.1) is 13.2 Å². The van der Waals surface area contributed by atoms with Crippen LogP contribution in [-0.4, -0.2) is 23.7 Å². The summed E-state index contributed by atoms with van der Waals surface area (Å²) in [5.74, 6) is -1.27. The minimum atomic E-state index is -0.935. The van der Waals surface area contributed by atoms with Crippen LogP contribution in [0.3, 0.4) is 0 Å². The molecule has 98 valence electrons. The number of carboxylic acid groups (broad SMARTS) is 1. The molecule has 4 nitrogen and oxygen atoms in total. The first kappa shape index (κ1) is 20.6. The van der Waals surface area contributed by atoms with Crippen LogP contribution in [0.2, 0.25) is 0 Å². The van der Waals surface area contributed by atoms with E-state index in [4.69, 9.17) is 5.11 Å². The molecule has 0 aromatic heterocycles. The number of aliphatic carboxylic acids is 1. The third kappa shape index (κ3) is 25.0. The Hall–Kier alpha value is -1.84. The number of carbonyl (C=O) groups excluding carboxylic acids is 1. The highest BCUT2D eigenvalue weighted by Gasteiger charge is 1.91. The van der Waals surface area contributed by atoms with Gasteiger partial charge in [-0.05, 0) is 13.3 Å². The monoisotopic (exact) mass is 242 g/mol. The second-order valence-corrected chi connectivity index (χ2v) is 2.81.